The van der Waals surface area contributed by atoms with Crippen LogP contribution in [0.25, 0.3) is 11.1 Å². The Morgan fingerprint density at radius 1 is 1.03 bits per heavy atom. The first-order chi connectivity index (χ1) is 16.2. The molecular weight excluding hydrogens is 442 g/mol. The van der Waals surface area contributed by atoms with Gasteiger partial charge in [-0.3, -0.25) is 0 Å². The van der Waals surface area contributed by atoms with E-state index in [0.717, 1.165) is 35.5 Å². The molecule has 2 unspecified atom stereocenters. The molecule has 0 aromatic heterocycles. The van der Waals surface area contributed by atoms with Gasteiger partial charge < -0.3 is 14.8 Å². The molecule has 0 saturated heterocycles. The Morgan fingerprint density at radius 3 is 2.59 bits per heavy atom. The monoisotopic (exact) mass is 475 g/mol. The van der Waals surface area contributed by atoms with E-state index in [1.807, 2.05) is 45.0 Å². The predicted octanol–water partition coefficient (Wildman–Crippen LogP) is 7.81. The zero-order valence-electron chi connectivity index (χ0n) is 20.6. The van der Waals surface area contributed by atoms with E-state index in [9.17, 15) is 4.79 Å². The number of hydrogen-bond acceptors (Lipinski definition) is 4. The SMILES string of the molecule is CSc1cccc(-c2ccccc2Oc2ccc3c(c2)C(C)C(NC(=O)OC(C)(C)C)CC3)c1. The molecule has 0 aliphatic heterocycles. The number of ether oxygens (including phenoxy) is 2. The van der Waals surface area contributed by atoms with Crippen molar-refractivity contribution in [3.8, 4) is 22.6 Å². The Balaban J connectivity index is 1.55. The predicted molar refractivity (Wildman–Crippen MR) is 140 cm³/mol. The number of amides is 1. The van der Waals surface area contributed by atoms with Crippen molar-refractivity contribution in [1.29, 1.82) is 0 Å². The number of rotatable bonds is 5. The molecule has 178 valence electrons. The zero-order valence-corrected chi connectivity index (χ0v) is 21.4. The molecule has 0 radical (unpaired) electrons. The topological polar surface area (TPSA) is 47.6 Å². The minimum absolute atomic E-state index is 0.0270. The molecule has 4 nitrogen and oxygen atoms in total. The molecule has 0 heterocycles. The largest absolute Gasteiger partial charge is 0.457 e. The van der Waals surface area contributed by atoms with Crippen LogP contribution in [0.4, 0.5) is 4.79 Å². The number of nitrogens with one attached hydrogen (secondary N) is 1. The average Bonchev–Trinajstić information content (AvgIpc) is 2.80. The average molecular weight is 476 g/mol. The molecule has 5 heteroatoms. The lowest BCUT2D eigenvalue weighted by atomic mass is 9.80. The molecule has 0 spiro atoms. The van der Waals surface area contributed by atoms with Gasteiger partial charge in [-0.1, -0.05) is 43.3 Å². The van der Waals surface area contributed by atoms with Gasteiger partial charge in [0.25, 0.3) is 0 Å². The Morgan fingerprint density at radius 2 is 1.82 bits per heavy atom. The third-order valence-corrected chi connectivity index (χ3v) is 6.86. The van der Waals surface area contributed by atoms with Gasteiger partial charge in [0.15, 0.2) is 0 Å². The zero-order chi connectivity index (χ0) is 24.3. The summed E-state index contributed by atoms with van der Waals surface area (Å²) in [7, 11) is 0. The minimum atomic E-state index is -0.510. The minimum Gasteiger partial charge on any atom is -0.457 e. The highest BCUT2D eigenvalue weighted by Crippen LogP contribution is 2.38. The molecule has 3 aromatic carbocycles. The Kier molecular flexibility index (Phi) is 7.22. The summed E-state index contributed by atoms with van der Waals surface area (Å²) in [5, 5.41) is 3.07. The van der Waals surface area contributed by atoms with Crippen LogP contribution >= 0.6 is 11.8 Å². The summed E-state index contributed by atoms with van der Waals surface area (Å²) in [6.07, 6.45) is 3.53. The maximum absolute atomic E-state index is 12.4. The summed E-state index contributed by atoms with van der Waals surface area (Å²) in [5.41, 5.74) is 4.21. The van der Waals surface area contributed by atoms with Crippen LogP contribution in [0.3, 0.4) is 0 Å². The Hall–Kier alpha value is -2.92. The third-order valence-electron chi connectivity index (χ3n) is 6.13. The molecule has 2 atom stereocenters. The maximum atomic E-state index is 12.4. The second-order valence-electron chi connectivity index (χ2n) is 9.77. The van der Waals surface area contributed by atoms with Gasteiger partial charge in [0.05, 0.1) is 0 Å². The van der Waals surface area contributed by atoms with Crippen molar-refractivity contribution in [3.05, 3.63) is 77.9 Å². The van der Waals surface area contributed by atoms with Crippen LogP contribution in [-0.4, -0.2) is 24.0 Å². The van der Waals surface area contributed by atoms with E-state index >= 15 is 0 Å². The molecule has 0 saturated carbocycles. The molecule has 0 bridgehead atoms. The van der Waals surface area contributed by atoms with Crippen molar-refractivity contribution in [2.45, 2.75) is 63.0 Å². The summed E-state index contributed by atoms with van der Waals surface area (Å²) < 4.78 is 11.9. The van der Waals surface area contributed by atoms with Crippen LogP contribution in [-0.2, 0) is 11.2 Å². The number of carbonyl (C=O) groups excluding carboxylic acids is 1. The van der Waals surface area contributed by atoms with Gasteiger partial charge in [0.2, 0.25) is 0 Å². The van der Waals surface area contributed by atoms with Crippen molar-refractivity contribution in [2.24, 2.45) is 0 Å². The number of aryl methyl sites for hydroxylation is 1. The van der Waals surface area contributed by atoms with E-state index in [1.54, 1.807) is 11.8 Å². The van der Waals surface area contributed by atoms with Crippen LogP contribution in [0, 0.1) is 0 Å². The molecule has 1 aliphatic rings. The number of thioether (sulfide) groups is 1. The molecule has 4 rings (SSSR count). The van der Waals surface area contributed by atoms with E-state index in [1.165, 1.54) is 16.0 Å². The number of benzene rings is 3. The molecule has 3 aromatic rings. The molecular formula is C29H33NO3S. The van der Waals surface area contributed by atoms with Gasteiger partial charge in [0, 0.05) is 22.4 Å². The van der Waals surface area contributed by atoms with Crippen LogP contribution in [0.5, 0.6) is 11.5 Å². The van der Waals surface area contributed by atoms with E-state index in [-0.39, 0.29) is 18.1 Å². The van der Waals surface area contributed by atoms with Gasteiger partial charge in [-0.25, -0.2) is 4.79 Å². The van der Waals surface area contributed by atoms with Crippen molar-refractivity contribution in [3.63, 3.8) is 0 Å². The van der Waals surface area contributed by atoms with Gasteiger partial charge in [-0.15, -0.1) is 11.8 Å². The summed E-state index contributed by atoms with van der Waals surface area (Å²) in [6, 6.07) is 23.0. The second kappa shape index (κ2) is 10.1. The second-order valence-corrected chi connectivity index (χ2v) is 10.7. The van der Waals surface area contributed by atoms with Crippen LogP contribution in [0.1, 0.15) is 51.2 Å². The van der Waals surface area contributed by atoms with Gasteiger partial charge in [-0.2, -0.15) is 0 Å². The number of fused-ring (bicyclic) bond motifs is 1. The smallest absolute Gasteiger partial charge is 0.407 e. The van der Waals surface area contributed by atoms with Gasteiger partial charge in [-0.05, 0) is 86.9 Å². The summed E-state index contributed by atoms with van der Waals surface area (Å²) in [4.78, 5) is 13.6. The van der Waals surface area contributed by atoms with Crippen molar-refractivity contribution in [1.82, 2.24) is 5.32 Å². The van der Waals surface area contributed by atoms with Crippen molar-refractivity contribution >= 4 is 17.9 Å². The van der Waals surface area contributed by atoms with E-state index < -0.39 is 5.60 Å². The van der Waals surface area contributed by atoms with E-state index in [4.69, 9.17) is 9.47 Å². The summed E-state index contributed by atoms with van der Waals surface area (Å²) in [6.45, 7) is 7.80. The number of para-hydroxylation sites is 1. The van der Waals surface area contributed by atoms with E-state index in [0.29, 0.717) is 0 Å². The molecule has 1 aliphatic carbocycles. The summed E-state index contributed by atoms with van der Waals surface area (Å²) in [5.74, 6) is 1.79. The van der Waals surface area contributed by atoms with Gasteiger partial charge in [0.1, 0.15) is 17.1 Å². The Labute approximate surface area is 207 Å². The standard InChI is InChI=1S/C29H33NO3S/c1-19-25-18-22(15-13-20(25)14-16-26(19)30-28(31)33-29(2,3)4)32-27-12-7-6-11-24(27)21-9-8-10-23(17-21)34-5/h6-13,15,17-19,26H,14,16H2,1-5H3,(H,30,31). The fourth-order valence-electron chi connectivity index (χ4n) is 4.43. The van der Waals surface area contributed by atoms with Crippen LogP contribution in [0.2, 0.25) is 0 Å². The summed E-state index contributed by atoms with van der Waals surface area (Å²) >= 11 is 1.73. The maximum Gasteiger partial charge on any atom is 0.407 e. The van der Waals surface area contributed by atoms with Crippen LogP contribution in [0.15, 0.2) is 71.6 Å². The lowest BCUT2D eigenvalue weighted by molar-refractivity contribution is 0.0493. The highest BCUT2D eigenvalue weighted by molar-refractivity contribution is 7.98. The van der Waals surface area contributed by atoms with Crippen molar-refractivity contribution < 1.29 is 14.3 Å². The van der Waals surface area contributed by atoms with Crippen molar-refractivity contribution in [2.75, 3.05) is 6.26 Å². The molecule has 34 heavy (non-hydrogen) atoms. The number of alkyl carbamates (subject to hydrolysis) is 1. The number of carbonyl (C=O) groups is 1. The quantitative estimate of drug-likeness (QED) is 0.382. The lowest BCUT2D eigenvalue weighted by Crippen LogP contribution is -2.43. The highest BCUT2D eigenvalue weighted by Gasteiger charge is 2.29. The number of hydrogen-bond donors (Lipinski definition) is 1. The fraction of sp³-hybridized carbons (Fsp3) is 0.345. The first-order valence-electron chi connectivity index (χ1n) is 11.8. The highest BCUT2D eigenvalue weighted by atomic mass is 32.2. The fourth-order valence-corrected chi connectivity index (χ4v) is 4.89. The van der Waals surface area contributed by atoms with Crippen LogP contribution < -0.4 is 10.1 Å². The normalized spacial score (nSPS) is 17.6. The molecule has 1 amide bonds. The van der Waals surface area contributed by atoms with Gasteiger partial charge >= 0.3 is 6.09 Å². The first-order valence-corrected chi connectivity index (χ1v) is 13.0. The third kappa shape index (κ3) is 5.76. The molecule has 1 N–H and O–H groups in total. The molecule has 0 fully saturated rings. The Bertz CT molecular complexity index is 1170. The first kappa shape index (κ1) is 24.2. The lowest BCUT2D eigenvalue weighted by Gasteiger charge is -2.33. The van der Waals surface area contributed by atoms with E-state index in [2.05, 4.69) is 61.0 Å².